The lowest BCUT2D eigenvalue weighted by Gasteiger charge is -2.31. The summed E-state index contributed by atoms with van der Waals surface area (Å²) in [6.45, 7) is 9.88. The van der Waals surface area contributed by atoms with E-state index in [1.165, 1.54) is 5.39 Å². The predicted octanol–water partition coefficient (Wildman–Crippen LogP) is 6.36. The second-order valence-corrected chi connectivity index (χ2v) is 11.8. The standard InChI is InChI=1S/C22H26N4O2S.C12H17NO2/c1-3-4-11-28-16-12-15-7-5-6-8-17(15)20(13-16)26-10-9-18-19(14-26)24-22(29(2)27)25-21(18)23;1-3-13(4-2)12(14)15-10-11-8-6-5-7-9-11/h5-8,12-13H,3-4,9-11,14H2,1-2H3,(H2,23,24,25);5-9H,3-4,10H2,1-2H3. The number of amides is 1. The van der Waals surface area contributed by atoms with E-state index >= 15 is 0 Å². The van der Waals surface area contributed by atoms with E-state index in [4.69, 9.17) is 15.2 Å². The molecule has 0 saturated heterocycles. The van der Waals surface area contributed by atoms with Gasteiger partial charge in [0, 0.05) is 48.6 Å². The third-order valence-electron chi connectivity index (χ3n) is 7.48. The van der Waals surface area contributed by atoms with Crippen LogP contribution < -0.4 is 15.4 Å². The van der Waals surface area contributed by atoms with Gasteiger partial charge in [-0.1, -0.05) is 67.9 Å². The highest BCUT2D eigenvalue weighted by Crippen LogP contribution is 2.35. The van der Waals surface area contributed by atoms with Crippen molar-refractivity contribution in [1.82, 2.24) is 14.9 Å². The van der Waals surface area contributed by atoms with Crippen molar-refractivity contribution in [3.8, 4) is 5.75 Å². The number of benzene rings is 3. The van der Waals surface area contributed by atoms with Crippen molar-refractivity contribution in [2.24, 2.45) is 0 Å². The Labute approximate surface area is 262 Å². The molecule has 5 rings (SSSR count). The summed E-state index contributed by atoms with van der Waals surface area (Å²) in [7, 11) is -1.26. The van der Waals surface area contributed by atoms with Crippen LogP contribution in [-0.2, 0) is 35.1 Å². The Hall–Kier alpha value is -4.18. The summed E-state index contributed by atoms with van der Waals surface area (Å²) in [5.41, 5.74) is 10.1. The van der Waals surface area contributed by atoms with Crippen LogP contribution in [-0.4, -0.2) is 57.7 Å². The lowest BCUT2D eigenvalue weighted by atomic mass is 10.0. The highest BCUT2D eigenvalue weighted by Gasteiger charge is 2.24. The Bertz CT molecular complexity index is 1560. The van der Waals surface area contributed by atoms with E-state index in [9.17, 15) is 9.00 Å². The molecule has 0 aliphatic carbocycles. The van der Waals surface area contributed by atoms with E-state index in [1.807, 2.05) is 50.2 Å². The molecule has 2 N–H and O–H groups in total. The fraction of sp³-hybridized carbons (Fsp3) is 0.382. The number of ether oxygens (including phenoxy) is 2. The van der Waals surface area contributed by atoms with Crippen LogP contribution in [0, 0.1) is 0 Å². The maximum atomic E-state index is 11.9. The molecule has 0 fully saturated rings. The van der Waals surface area contributed by atoms with Crippen LogP contribution in [0.3, 0.4) is 0 Å². The molecule has 44 heavy (non-hydrogen) atoms. The maximum Gasteiger partial charge on any atom is 0.410 e. The number of carbonyl (C=O) groups is 1. The molecule has 234 valence electrons. The molecular formula is C34H43N5O4S. The zero-order valence-corrected chi connectivity index (χ0v) is 26.9. The third-order valence-corrected chi connectivity index (χ3v) is 8.18. The van der Waals surface area contributed by atoms with Crippen molar-refractivity contribution in [2.75, 3.05) is 43.1 Å². The third kappa shape index (κ3) is 8.47. The molecule has 10 heteroatoms. The molecule has 2 heterocycles. The number of anilines is 2. The minimum absolute atomic E-state index is 0.246. The molecular weight excluding hydrogens is 574 g/mol. The fourth-order valence-corrected chi connectivity index (χ4v) is 5.47. The Morgan fingerprint density at radius 1 is 1.02 bits per heavy atom. The van der Waals surface area contributed by atoms with Gasteiger partial charge in [0.25, 0.3) is 0 Å². The summed E-state index contributed by atoms with van der Waals surface area (Å²) in [6.07, 6.45) is 4.22. The van der Waals surface area contributed by atoms with Crippen LogP contribution in [0.25, 0.3) is 10.8 Å². The van der Waals surface area contributed by atoms with Gasteiger partial charge in [0.2, 0.25) is 5.16 Å². The fourth-order valence-electron chi connectivity index (χ4n) is 5.01. The van der Waals surface area contributed by atoms with Gasteiger partial charge in [-0.25, -0.2) is 14.8 Å². The van der Waals surface area contributed by atoms with E-state index in [-0.39, 0.29) is 6.09 Å². The van der Waals surface area contributed by atoms with Gasteiger partial charge in [0.15, 0.2) is 0 Å². The molecule has 9 nitrogen and oxygen atoms in total. The Balaban J connectivity index is 0.000000249. The Morgan fingerprint density at radius 2 is 1.75 bits per heavy atom. The van der Waals surface area contributed by atoms with E-state index in [2.05, 4.69) is 52.1 Å². The smallest absolute Gasteiger partial charge is 0.410 e. The summed E-state index contributed by atoms with van der Waals surface area (Å²) < 4.78 is 23.1. The molecule has 1 unspecified atom stereocenters. The Kier molecular flexibility index (Phi) is 11.9. The molecule has 0 spiro atoms. The van der Waals surface area contributed by atoms with E-state index in [0.717, 1.165) is 59.5 Å². The Morgan fingerprint density at radius 3 is 2.45 bits per heavy atom. The number of aromatic nitrogens is 2. The van der Waals surface area contributed by atoms with Crippen LogP contribution in [0.5, 0.6) is 5.75 Å². The van der Waals surface area contributed by atoms with Crippen LogP contribution in [0.15, 0.2) is 71.9 Å². The predicted molar refractivity (Wildman–Crippen MR) is 177 cm³/mol. The molecule has 4 aromatic rings. The SMILES string of the molecule is CCCCOc1cc(N2CCc3c(N)nc(S(C)=O)nc3C2)c2ccccc2c1.CCN(CC)C(=O)OCc1ccccc1. The molecule has 0 radical (unpaired) electrons. The van der Waals surface area contributed by atoms with Gasteiger partial charge in [-0.2, -0.15) is 0 Å². The first kappa shape index (κ1) is 32.7. The van der Waals surface area contributed by atoms with Gasteiger partial charge in [-0.15, -0.1) is 0 Å². The quantitative estimate of drug-likeness (QED) is 0.162. The number of unbranched alkanes of at least 4 members (excludes halogenated alkanes) is 1. The summed E-state index contributed by atoms with van der Waals surface area (Å²) in [4.78, 5) is 24.2. The molecule has 1 aliphatic rings. The van der Waals surface area contributed by atoms with Crippen LogP contribution >= 0.6 is 0 Å². The summed E-state index contributed by atoms with van der Waals surface area (Å²) in [6, 6.07) is 22.3. The normalized spacial score (nSPS) is 13.0. The van der Waals surface area contributed by atoms with E-state index in [1.54, 1.807) is 11.2 Å². The molecule has 0 saturated carbocycles. The number of rotatable bonds is 10. The van der Waals surface area contributed by atoms with Crippen molar-refractivity contribution in [1.29, 1.82) is 0 Å². The maximum absolute atomic E-state index is 11.9. The van der Waals surface area contributed by atoms with Gasteiger partial charge < -0.3 is 25.0 Å². The minimum Gasteiger partial charge on any atom is -0.493 e. The van der Waals surface area contributed by atoms with Crippen molar-refractivity contribution >= 4 is 39.2 Å². The summed E-state index contributed by atoms with van der Waals surface area (Å²) >= 11 is 0. The topological polar surface area (TPSA) is 111 Å². The lowest BCUT2D eigenvalue weighted by Crippen LogP contribution is -2.32. The monoisotopic (exact) mass is 617 g/mol. The van der Waals surface area contributed by atoms with Gasteiger partial charge >= 0.3 is 6.09 Å². The first-order chi connectivity index (χ1) is 21.3. The number of nitrogens with zero attached hydrogens (tertiary/aromatic N) is 4. The number of fused-ring (bicyclic) bond motifs is 2. The summed E-state index contributed by atoms with van der Waals surface area (Å²) in [5.74, 6) is 1.33. The molecule has 3 aromatic carbocycles. The number of nitrogen functional groups attached to an aromatic ring is 1. The second-order valence-electron chi connectivity index (χ2n) is 10.5. The average Bonchev–Trinajstić information content (AvgIpc) is 3.04. The number of carbonyl (C=O) groups excluding carboxylic acids is 1. The second kappa shape index (κ2) is 16.0. The molecule has 0 bridgehead atoms. The number of hydrogen-bond acceptors (Lipinski definition) is 8. The van der Waals surface area contributed by atoms with Gasteiger partial charge in [-0.3, -0.25) is 4.21 Å². The van der Waals surface area contributed by atoms with Crippen LogP contribution in [0.1, 0.15) is 50.4 Å². The minimum atomic E-state index is -1.26. The molecule has 1 atom stereocenters. The van der Waals surface area contributed by atoms with Crippen LogP contribution in [0.4, 0.5) is 16.3 Å². The van der Waals surface area contributed by atoms with E-state index in [0.29, 0.717) is 43.8 Å². The van der Waals surface area contributed by atoms with Crippen LogP contribution in [0.2, 0.25) is 0 Å². The zero-order valence-electron chi connectivity index (χ0n) is 26.1. The number of nitrogens with two attached hydrogens (primary N) is 1. The van der Waals surface area contributed by atoms with Crippen molar-refractivity contribution in [2.45, 2.75) is 58.3 Å². The van der Waals surface area contributed by atoms with Gasteiger partial charge in [0.05, 0.1) is 29.6 Å². The zero-order chi connectivity index (χ0) is 31.5. The first-order valence-corrected chi connectivity index (χ1v) is 16.7. The van der Waals surface area contributed by atoms with E-state index < -0.39 is 10.8 Å². The average molecular weight is 618 g/mol. The van der Waals surface area contributed by atoms with Crippen molar-refractivity contribution in [3.05, 3.63) is 83.6 Å². The van der Waals surface area contributed by atoms with Crippen molar-refractivity contribution < 1.29 is 18.5 Å². The summed E-state index contributed by atoms with van der Waals surface area (Å²) in [5, 5.41) is 2.63. The number of hydrogen-bond donors (Lipinski definition) is 1. The highest BCUT2D eigenvalue weighted by atomic mass is 32.2. The van der Waals surface area contributed by atoms with Crippen molar-refractivity contribution in [3.63, 3.8) is 0 Å². The largest absolute Gasteiger partial charge is 0.493 e. The first-order valence-electron chi connectivity index (χ1n) is 15.2. The molecule has 1 aromatic heterocycles. The lowest BCUT2D eigenvalue weighted by molar-refractivity contribution is 0.0999. The molecule has 1 amide bonds. The van der Waals surface area contributed by atoms with Gasteiger partial charge in [0.1, 0.15) is 18.2 Å². The molecule has 1 aliphatic heterocycles. The highest BCUT2D eigenvalue weighted by molar-refractivity contribution is 7.84. The van der Waals surface area contributed by atoms with Gasteiger partial charge in [-0.05, 0) is 43.7 Å².